The molecule has 0 aliphatic heterocycles. The first kappa shape index (κ1) is 23.2. The van der Waals surface area contributed by atoms with Crippen LogP contribution in [0.25, 0.3) is 0 Å². The van der Waals surface area contributed by atoms with E-state index in [0.717, 1.165) is 6.42 Å². The number of allylic oxidation sites excluding steroid dienone is 14. The fraction of sp³-hybridized carbons (Fsp3) is 0.440. The van der Waals surface area contributed by atoms with Gasteiger partial charge in [-0.2, -0.15) is 0 Å². The van der Waals surface area contributed by atoms with E-state index in [1.54, 1.807) is 0 Å². The van der Waals surface area contributed by atoms with Crippen LogP contribution in [0.4, 0.5) is 0 Å². The van der Waals surface area contributed by atoms with E-state index in [9.17, 15) is 0 Å². The Morgan fingerprint density at radius 2 is 1.20 bits per heavy atom. The zero-order valence-corrected chi connectivity index (χ0v) is 17.9. The van der Waals surface area contributed by atoms with Gasteiger partial charge in [0.25, 0.3) is 0 Å². The van der Waals surface area contributed by atoms with Crippen molar-refractivity contribution in [3.8, 4) is 0 Å². The van der Waals surface area contributed by atoms with Gasteiger partial charge in [-0.3, -0.25) is 0 Å². The van der Waals surface area contributed by atoms with Gasteiger partial charge in [-0.05, 0) is 52.0 Å². The van der Waals surface area contributed by atoms with E-state index in [2.05, 4.69) is 117 Å². The lowest BCUT2D eigenvalue weighted by atomic mass is 9.82. The summed E-state index contributed by atoms with van der Waals surface area (Å²) >= 11 is 0. The second-order valence-corrected chi connectivity index (χ2v) is 7.94. The van der Waals surface area contributed by atoms with Gasteiger partial charge in [-0.25, -0.2) is 0 Å². The molecule has 0 aromatic rings. The van der Waals surface area contributed by atoms with Crippen molar-refractivity contribution in [1.82, 2.24) is 0 Å². The third-order valence-corrected chi connectivity index (χ3v) is 3.93. The van der Waals surface area contributed by atoms with Gasteiger partial charge in [0.15, 0.2) is 0 Å². The summed E-state index contributed by atoms with van der Waals surface area (Å²) in [7, 11) is 0. The van der Waals surface area contributed by atoms with Crippen molar-refractivity contribution in [2.24, 2.45) is 5.41 Å². The van der Waals surface area contributed by atoms with Gasteiger partial charge in [0.2, 0.25) is 0 Å². The van der Waals surface area contributed by atoms with Crippen LogP contribution in [0, 0.1) is 5.41 Å². The maximum absolute atomic E-state index is 2.28. The van der Waals surface area contributed by atoms with Gasteiger partial charge in [-0.15, -0.1) is 0 Å². The number of hydrogen-bond donors (Lipinski definition) is 0. The maximum Gasteiger partial charge on any atom is -0.0132 e. The molecule has 0 aromatic carbocycles. The molecule has 25 heavy (non-hydrogen) atoms. The van der Waals surface area contributed by atoms with E-state index in [4.69, 9.17) is 0 Å². The maximum atomic E-state index is 2.28. The molecule has 0 saturated heterocycles. The molecule has 0 saturated carbocycles. The molecule has 0 heterocycles. The lowest BCUT2D eigenvalue weighted by Crippen LogP contribution is -2.09. The van der Waals surface area contributed by atoms with Crippen molar-refractivity contribution < 1.29 is 0 Å². The summed E-state index contributed by atoms with van der Waals surface area (Å²) in [6.45, 7) is 19.8. The topological polar surface area (TPSA) is 0 Å². The van der Waals surface area contributed by atoms with Crippen molar-refractivity contribution >= 4 is 0 Å². The van der Waals surface area contributed by atoms with E-state index >= 15 is 0 Å². The average molecular weight is 339 g/mol. The van der Waals surface area contributed by atoms with Crippen molar-refractivity contribution in [1.29, 1.82) is 0 Å². The summed E-state index contributed by atoms with van der Waals surface area (Å²) in [5, 5.41) is 0. The highest BCUT2D eigenvalue weighted by Gasteiger charge is 2.16. The van der Waals surface area contributed by atoms with Crippen LogP contribution >= 0.6 is 0 Å². The molecule has 0 unspecified atom stereocenters. The van der Waals surface area contributed by atoms with Gasteiger partial charge in [0, 0.05) is 0 Å². The van der Waals surface area contributed by atoms with Crippen molar-refractivity contribution in [2.75, 3.05) is 0 Å². The van der Waals surface area contributed by atoms with Gasteiger partial charge >= 0.3 is 0 Å². The third-order valence-electron chi connectivity index (χ3n) is 3.93. The average Bonchev–Trinajstić information content (AvgIpc) is 2.50. The van der Waals surface area contributed by atoms with Crippen LogP contribution in [0.15, 0.2) is 82.5 Å². The molecule has 0 fully saturated rings. The van der Waals surface area contributed by atoms with Gasteiger partial charge in [-0.1, -0.05) is 105 Å². The Hall–Kier alpha value is -1.82. The van der Waals surface area contributed by atoms with Crippen molar-refractivity contribution in [2.45, 2.75) is 68.7 Å². The molecular formula is C25H38. The molecule has 0 aliphatic carbocycles. The highest BCUT2D eigenvalue weighted by molar-refractivity contribution is 5.35. The lowest BCUT2D eigenvalue weighted by Gasteiger charge is -2.23. The van der Waals surface area contributed by atoms with Crippen LogP contribution in [0.3, 0.4) is 0 Å². The zero-order chi connectivity index (χ0) is 19.5. The molecule has 0 radical (unpaired) electrons. The number of rotatable bonds is 7. The van der Waals surface area contributed by atoms with Crippen LogP contribution in [-0.2, 0) is 0 Å². The molecule has 0 atom stereocenters. The molecule has 0 nitrogen and oxygen atoms in total. The minimum absolute atomic E-state index is 0.184. The molecule has 0 rings (SSSR count). The highest BCUT2D eigenvalue weighted by atomic mass is 14.2. The molecule has 138 valence electrons. The normalized spacial score (nSPS) is 15.4. The standard InChI is InChI=1S/C25H38/c1-10-23(6)24(25(7,8)9)19-18-22(5)17-13-16-21(4)15-12-11-14-20(2)3/h11-19H,10H2,1-9H3/b12-11+,16-13+,19-18+,21-15+,22-17+,24-23-. The summed E-state index contributed by atoms with van der Waals surface area (Å²) < 4.78 is 0. The molecule has 0 spiro atoms. The Balaban J connectivity index is 5.01. The third kappa shape index (κ3) is 11.4. The Bertz CT molecular complexity index is 613. The largest absolute Gasteiger partial charge is 0.0764 e. The molecule has 0 aromatic heterocycles. The van der Waals surface area contributed by atoms with E-state index in [1.165, 1.54) is 27.9 Å². The van der Waals surface area contributed by atoms with Crippen LogP contribution < -0.4 is 0 Å². The first-order valence-corrected chi connectivity index (χ1v) is 9.29. The van der Waals surface area contributed by atoms with Gasteiger partial charge in [0.05, 0.1) is 0 Å². The first-order chi connectivity index (χ1) is 11.6. The smallest absolute Gasteiger partial charge is 0.0132 e. The molecular weight excluding hydrogens is 300 g/mol. The van der Waals surface area contributed by atoms with Crippen LogP contribution in [0.5, 0.6) is 0 Å². The predicted octanol–water partition coefficient (Wildman–Crippen LogP) is 8.29. The Kier molecular flexibility index (Phi) is 10.8. The van der Waals surface area contributed by atoms with Crippen molar-refractivity contribution in [3.05, 3.63) is 82.5 Å². The second kappa shape index (κ2) is 11.7. The minimum Gasteiger partial charge on any atom is -0.0764 e. The Labute approximate surface area is 157 Å². The lowest BCUT2D eigenvalue weighted by molar-refractivity contribution is 0.510. The fourth-order valence-electron chi connectivity index (χ4n) is 2.36. The highest BCUT2D eigenvalue weighted by Crippen LogP contribution is 2.30. The fourth-order valence-corrected chi connectivity index (χ4v) is 2.36. The monoisotopic (exact) mass is 338 g/mol. The van der Waals surface area contributed by atoms with Crippen LogP contribution in [0.1, 0.15) is 68.7 Å². The Morgan fingerprint density at radius 3 is 1.72 bits per heavy atom. The molecule has 0 amide bonds. The van der Waals surface area contributed by atoms with Crippen LogP contribution in [-0.4, -0.2) is 0 Å². The van der Waals surface area contributed by atoms with E-state index in [-0.39, 0.29) is 5.41 Å². The van der Waals surface area contributed by atoms with E-state index < -0.39 is 0 Å². The zero-order valence-electron chi connectivity index (χ0n) is 17.9. The predicted molar refractivity (Wildman–Crippen MR) is 117 cm³/mol. The second-order valence-electron chi connectivity index (χ2n) is 7.94. The minimum atomic E-state index is 0.184. The van der Waals surface area contributed by atoms with E-state index in [0.29, 0.717) is 0 Å². The summed E-state index contributed by atoms with van der Waals surface area (Å²) in [6, 6.07) is 0. The number of hydrogen-bond acceptors (Lipinski definition) is 0. The quantitative estimate of drug-likeness (QED) is 0.409. The summed E-state index contributed by atoms with van der Waals surface area (Å²) in [4.78, 5) is 0. The Morgan fingerprint density at radius 1 is 0.680 bits per heavy atom. The summed E-state index contributed by atoms with van der Waals surface area (Å²) in [5.74, 6) is 0. The van der Waals surface area contributed by atoms with E-state index in [1.807, 2.05) is 0 Å². The van der Waals surface area contributed by atoms with Gasteiger partial charge < -0.3 is 0 Å². The molecule has 0 bridgehead atoms. The molecule has 0 heteroatoms. The SMILES string of the molecule is CC/C(C)=C(/C=C/C(C)=C/C=C/C(C)=C/C=C/C=C(C)C)C(C)(C)C. The first-order valence-electron chi connectivity index (χ1n) is 9.29. The summed E-state index contributed by atoms with van der Waals surface area (Å²) in [6.07, 6.45) is 20.4. The molecule has 0 N–H and O–H groups in total. The van der Waals surface area contributed by atoms with Crippen LogP contribution in [0.2, 0.25) is 0 Å². The van der Waals surface area contributed by atoms with Gasteiger partial charge in [0.1, 0.15) is 0 Å². The molecule has 0 aliphatic rings. The van der Waals surface area contributed by atoms with Crippen molar-refractivity contribution in [3.63, 3.8) is 0 Å². The summed E-state index contributed by atoms with van der Waals surface area (Å²) in [5.41, 5.74) is 6.90.